The van der Waals surface area contributed by atoms with Crippen LogP contribution in [0.4, 0.5) is 0 Å². The van der Waals surface area contributed by atoms with E-state index in [1.54, 1.807) is 31.7 Å². The average Bonchev–Trinajstić information content (AvgIpc) is 2.98. The van der Waals surface area contributed by atoms with E-state index in [-0.39, 0.29) is 0 Å². The van der Waals surface area contributed by atoms with Gasteiger partial charge in [0.25, 0.3) is 0 Å². The zero-order valence-corrected chi connectivity index (χ0v) is 12.2. The van der Waals surface area contributed by atoms with Gasteiger partial charge in [0.1, 0.15) is 0 Å². The fourth-order valence-corrected chi connectivity index (χ4v) is 4.23. The molecule has 0 fully saturated rings. The first kappa shape index (κ1) is 14.2. The molecule has 0 aliphatic carbocycles. The Labute approximate surface area is 116 Å². The minimum absolute atomic E-state index is 0.323. The van der Waals surface area contributed by atoms with Crippen LogP contribution in [0.3, 0.4) is 0 Å². The topological polar surface area (TPSA) is 90.0 Å². The molecule has 2 heterocycles. The summed E-state index contributed by atoms with van der Waals surface area (Å²) in [5.74, 6) is 0. The first-order valence-corrected chi connectivity index (χ1v) is 8.07. The Bertz CT molecular complexity index is 632. The third-order valence-electron chi connectivity index (χ3n) is 2.64. The van der Waals surface area contributed by atoms with Crippen LogP contribution in [-0.4, -0.2) is 24.5 Å². The summed E-state index contributed by atoms with van der Waals surface area (Å²) < 4.78 is 28.7. The van der Waals surface area contributed by atoms with E-state index in [9.17, 15) is 8.42 Å². The van der Waals surface area contributed by atoms with Crippen LogP contribution >= 0.6 is 11.3 Å². The van der Waals surface area contributed by atoms with Crippen molar-refractivity contribution in [1.29, 1.82) is 0 Å². The first-order valence-electron chi connectivity index (χ1n) is 5.77. The standard InChI is InChI=1S/C11H16N4O2S2/c1-9-11(6-10(7-12)18-9)19(16,17)14-3-5-15-4-2-13-8-15/h2,4,6,8,14H,3,5,7,12H2,1H3. The van der Waals surface area contributed by atoms with Gasteiger partial charge in [0.15, 0.2) is 0 Å². The minimum atomic E-state index is -3.46. The summed E-state index contributed by atoms with van der Waals surface area (Å²) in [5, 5.41) is 0. The van der Waals surface area contributed by atoms with Crippen LogP contribution in [0.2, 0.25) is 0 Å². The molecule has 0 saturated heterocycles. The Balaban J connectivity index is 2.03. The van der Waals surface area contributed by atoms with Crippen molar-refractivity contribution < 1.29 is 8.42 Å². The Kier molecular flexibility index (Phi) is 4.35. The molecule has 6 nitrogen and oxygen atoms in total. The quantitative estimate of drug-likeness (QED) is 0.821. The lowest BCUT2D eigenvalue weighted by molar-refractivity contribution is 0.572. The Morgan fingerprint density at radius 2 is 2.32 bits per heavy atom. The van der Waals surface area contributed by atoms with Crippen LogP contribution in [0.25, 0.3) is 0 Å². The minimum Gasteiger partial charge on any atom is -0.336 e. The second-order valence-corrected chi connectivity index (χ2v) is 7.11. The van der Waals surface area contributed by atoms with E-state index in [0.29, 0.717) is 24.5 Å². The third kappa shape index (κ3) is 3.41. The Hall–Kier alpha value is -1.22. The number of nitrogens with zero attached hydrogens (tertiary/aromatic N) is 2. The van der Waals surface area contributed by atoms with Crippen LogP contribution < -0.4 is 10.5 Å². The van der Waals surface area contributed by atoms with Crippen LogP contribution in [0.1, 0.15) is 9.75 Å². The second kappa shape index (κ2) is 5.83. The number of thiophene rings is 1. The molecule has 104 valence electrons. The summed E-state index contributed by atoms with van der Waals surface area (Å²) >= 11 is 1.41. The molecule has 0 radical (unpaired) electrons. The molecule has 2 rings (SSSR count). The van der Waals surface area contributed by atoms with Crippen molar-refractivity contribution in [1.82, 2.24) is 14.3 Å². The van der Waals surface area contributed by atoms with Crippen molar-refractivity contribution in [3.05, 3.63) is 34.5 Å². The molecule has 8 heteroatoms. The van der Waals surface area contributed by atoms with Gasteiger partial charge in [-0.15, -0.1) is 11.3 Å². The molecule has 3 N–H and O–H groups in total. The molecular weight excluding hydrogens is 284 g/mol. The highest BCUT2D eigenvalue weighted by Gasteiger charge is 2.18. The Morgan fingerprint density at radius 3 is 2.89 bits per heavy atom. The number of rotatable bonds is 6. The molecule has 0 aromatic carbocycles. The van der Waals surface area contributed by atoms with Crippen LogP contribution in [-0.2, 0) is 23.1 Å². The average molecular weight is 300 g/mol. The normalized spacial score (nSPS) is 11.9. The van der Waals surface area contributed by atoms with Gasteiger partial charge in [0.05, 0.1) is 11.2 Å². The number of hydrogen-bond acceptors (Lipinski definition) is 5. The molecular formula is C11H16N4O2S2. The summed E-state index contributed by atoms with van der Waals surface area (Å²) in [7, 11) is -3.46. The first-order chi connectivity index (χ1) is 9.03. The smallest absolute Gasteiger partial charge is 0.241 e. The summed E-state index contributed by atoms with van der Waals surface area (Å²) in [4.78, 5) is 5.85. The molecule has 0 spiro atoms. The van der Waals surface area contributed by atoms with Gasteiger partial charge in [-0.1, -0.05) is 0 Å². The van der Waals surface area contributed by atoms with Crippen LogP contribution in [0.15, 0.2) is 29.7 Å². The molecule has 0 amide bonds. The van der Waals surface area contributed by atoms with Crippen molar-refractivity contribution in [3.63, 3.8) is 0 Å². The number of nitrogens with one attached hydrogen (secondary N) is 1. The van der Waals surface area contributed by atoms with E-state index in [0.717, 1.165) is 9.75 Å². The van der Waals surface area contributed by atoms with Crippen LogP contribution in [0.5, 0.6) is 0 Å². The molecule has 19 heavy (non-hydrogen) atoms. The third-order valence-corrected chi connectivity index (χ3v) is 5.42. The van der Waals surface area contributed by atoms with Gasteiger partial charge in [0, 0.05) is 41.8 Å². The highest BCUT2D eigenvalue weighted by Crippen LogP contribution is 2.25. The van der Waals surface area contributed by atoms with Crippen molar-refractivity contribution in [2.24, 2.45) is 5.73 Å². The molecule has 0 aliphatic heterocycles. The van der Waals surface area contributed by atoms with Gasteiger partial charge >= 0.3 is 0 Å². The zero-order chi connectivity index (χ0) is 13.9. The maximum atomic E-state index is 12.1. The lowest BCUT2D eigenvalue weighted by atomic mass is 10.4. The molecule has 0 saturated carbocycles. The largest absolute Gasteiger partial charge is 0.336 e. The van der Waals surface area contributed by atoms with E-state index in [1.165, 1.54) is 11.3 Å². The number of imidazole rings is 1. The number of hydrogen-bond donors (Lipinski definition) is 2. The maximum absolute atomic E-state index is 12.1. The number of nitrogens with two attached hydrogens (primary N) is 1. The van der Waals surface area contributed by atoms with Crippen LogP contribution in [0, 0.1) is 6.92 Å². The fraction of sp³-hybridized carbons (Fsp3) is 0.364. The lowest BCUT2D eigenvalue weighted by Gasteiger charge is -2.06. The van der Waals surface area contributed by atoms with Gasteiger partial charge in [-0.3, -0.25) is 0 Å². The van der Waals surface area contributed by atoms with Gasteiger partial charge in [-0.05, 0) is 13.0 Å². The molecule has 0 unspecified atom stereocenters. The molecule has 0 bridgehead atoms. The van der Waals surface area contributed by atoms with Gasteiger partial charge in [0.2, 0.25) is 10.0 Å². The molecule has 0 atom stereocenters. The highest BCUT2D eigenvalue weighted by atomic mass is 32.2. The summed E-state index contributed by atoms with van der Waals surface area (Å²) in [6.07, 6.45) is 5.10. The highest BCUT2D eigenvalue weighted by molar-refractivity contribution is 7.89. The second-order valence-electron chi connectivity index (χ2n) is 4.04. The number of sulfonamides is 1. The van der Waals surface area contributed by atoms with E-state index in [1.807, 2.05) is 4.57 Å². The van der Waals surface area contributed by atoms with Gasteiger partial charge in [-0.2, -0.15) is 0 Å². The van der Waals surface area contributed by atoms with E-state index in [4.69, 9.17) is 5.73 Å². The summed E-state index contributed by atoms with van der Waals surface area (Å²) in [6.45, 7) is 3.02. The van der Waals surface area contributed by atoms with E-state index in [2.05, 4.69) is 9.71 Å². The van der Waals surface area contributed by atoms with Crippen molar-refractivity contribution in [2.45, 2.75) is 24.9 Å². The van der Waals surface area contributed by atoms with E-state index >= 15 is 0 Å². The number of aromatic nitrogens is 2. The predicted molar refractivity (Wildman–Crippen MR) is 74.4 cm³/mol. The zero-order valence-electron chi connectivity index (χ0n) is 10.5. The monoisotopic (exact) mass is 300 g/mol. The Morgan fingerprint density at radius 1 is 1.53 bits per heavy atom. The summed E-state index contributed by atoms with van der Waals surface area (Å²) in [6, 6.07) is 1.64. The SMILES string of the molecule is Cc1sc(CN)cc1S(=O)(=O)NCCn1ccnc1. The predicted octanol–water partition coefficient (Wildman–Crippen LogP) is 0.690. The molecule has 2 aromatic rings. The molecule has 2 aromatic heterocycles. The van der Waals surface area contributed by atoms with Crippen molar-refractivity contribution in [3.8, 4) is 0 Å². The van der Waals surface area contributed by atoms with Gasteiger partial charge < -0.3 is 10.3 Å². The van der Waals surface area contributed by atoms with Crippen molar-refractivity contribution >= 4 is 21.4 Å². The van der Waals surface area contributed by atoms with E-state index < -0.39 is 10.0 Å². The van der Waals surface area contributed by atoms with Gasteiger partial charge in [-0.25, -0.2) is 18.1 Å². The number of aryl methyl sites for hydroxylation is 1. The van der Waals surface area contributed by atoms with Crippen molar-refractivity contribution in [2.75, 3.05) is 6.54 Å². The lowest BCUT2D eigenvalue weighted by Crippen LogP contribution is -2.27. The maximum Gasteiger partial charge on any atom is 0.241 e. The molecule has 0 aliphatic rings. The fourth-order valence-electron chi connectivity index (χ4n) is 1.70. The summed E-state index contributed by atoms with van der Waals surface area (Å²) in [5.41, 5.74) is 5.52.